The van der Waals surface area contributed by atoms with E-state index < -0.39 is 0 Å². The van der Waals surface area contributed by atoms with Crippen LogP contribution >= 0.6 is 0 Å². The van der Waals surface area contributed by atoms with Crippen LogP contribution in [0.15, 0.2) is 0 Å². The highest BCUT2D eigenvalue weighted by Crippen LogP contribution is 2.07. The Kier molecular flexibility index (Phi) is 9.30. The van der Waals surface area contributed by atoms with Crippen molar-refractivity contribution in [1.82, 2.24) is 10.6 Å². The number of carbonyl (C=O) groups is 1. The topological polar surface area (TPSA) is 41.1 Å². The lowest BCUT2D eigenvalue weighted by Crippen LogP contribution is -2.46. The Morgan fingerprint density at radius 3 is 2.31 bits per heavy atom. The molecule has 2 unspecified atom stereocenters. The van der Waals surface area contributed by atoms with Gasteiger partial charge in [0.2, 0.25) is 5.91 Å². The first-order valence-electron chi connectivity index (χ1n) is 6.69. The predicted octanol–water partition coefficient (Wildman–Crippen LogP) is 2.46. The molecular weight excluding hydrogens is 200 g/mol. The van der Waals surface area contributed by atoms with Crippen molar-refractivity contribution in [2.45, 2.75) is 71.9 Å². The van der Waals surface area contributed by atoms with E-state index in [1.807, 2.05) is 13.8 Å². The van der Waals surface area contributed by atoms with E-state index in [4.69, 9.17) is 0 Å². The number of nitrogens with one attached hydrogen (secondary N) is 2. The first kappa shape index (κ1) is 15.4. The summed E-state index contributed by atoms with van der Waals surface area (Å²) in [5.41, 5.74) is 0. The second-order valence-corrected chi connectivity index (χ2v) is 4.41. The first-order valence-corrected chi connectivity index (χ1v) is 6.69. The number of hydrogen-bond acceptors (Lipinski definition) is 2. The van der Waals surface area contributed by atoms with Gasteiger partial charge < -0.3 is 10.6 Å². The summed E-state index contributed by atoms with van der Waals surface area (Å²) >= 11 is 0. The molecule has 2 atom stereocenters. The lowest BCUT2D eigenvalue weighted by molar-refractivity contribution is -0.122. The molecule has 0 saturated heterocycles. The van der Waals surface area contributed by atoms with Crippen LogP contribution in [0.5, 0.6) is 0 Å². The van der Waals surface area contributed by atoms with E-state index in [0.29, 0.717) is 12.6 Å². The largest absolute Gasteiger partial charge is 0.355 e. The average molecular weight is 228 g/mol. The Labute approximate surface area is 100 Å². The minimum absolute atomic E-state index is 0.0756. The zero-order chi connectivity index (χ0) is 12.4. The zero-order valence-corrected chi connectivity index (χ0v) is 11.3. The minimum atomic E-state index is -0.0756. The molecule has 3 nitrogen and oxygen atoms in total. The fourth-order valence-electron chi connectivity index (χ4n) is 1.87. The van der Waals surface area contributed by atoms with Crippen LogP contribution in [0.4, 0.5) is 0 Å². The highest BCUT2D eigenvalue weighted by Gasteiger charge is 2.16. The van der Waals surface area contributed by atoms with E-state index in [9.17, 15) is 4.79 Å². The highest BCUT2D eigenvalue weighted by atomic mass is 16.2. The summed E-state index contributed by atoms with van der Waals surface area (Å²) in [6, 6.07) is 0.413. The van der Waals surface area contributed by atoms with Crippen molar-refractivity contribution in [2.75, 3.05) is 6.54 Å². The zero-order valence-electron chi connectivity index (χ0n) is 11.3. The van der Waals surface area contributed by atoms with Gasteiger partial charge in [-0.2, -0.15) is 0 Å². The van der Waals surface area contributed by atoms with Gasteiger partial charge in [0.05, 0.1) is 6.04 Å². The lowest BCUT2D eigenvalue weighted by atomic mass is 10.0. The monoisotopic (exact) mass is 228 g/mol. The molecule has 0 aliphatic rings. The second kappa shape index (κ2) is 9.64. The summed E-state index contributed by atoms with van der Waals surface area (Å²) in [4.78, 5) is 11.6. The normalized spacial score (nSPS) is 14.5. The Hall–Kier alpha value is -0.570. The molecule has 0 aliphatic heterocycles. The van der Waals surface area contributed by atoms with E-state index in [0.717, 1.165) is 6.42 Å². The Balaban J connectivity index is 4.00. The maximum Gasteiger partial charge on any atom is 0.236 e. The van der Waals surface area contributed by atoms with E-state index >= 15 is 0 Å². The molecule has 0 rings (SSSR count). The van der Waals surface area contributed by atoms with Gasteiger partial charge in [0, 0.05) is 12.6 Å². The molecule has 0 aromatic heterocycles. The number of rotatable bonds is 9. The van der Waals surface area contributed by atoms with Gasteiger partial charge in [-0.15, -0.1) is 0 Å². The van der Waals surface area contributed by atoms with Crippen molar-refractivity contribution >= 4 is 5.91 Å². The molecule has 0 bridgehead atoms. The molecule has 0 aliphatic carbocycles. The van der Waals surface area contributed by atoms with Crippen molar-refractivity contribution in [1.29, 1.82) is 0 Å². The van der Waals surface area contributed by atoms with E-state index in [1.54, 1.807) is 0 Å². The molecule has 3 heteroatoms. The van der Waals surface area contributed by atoms with E-state index in [2.05, 4.69) is 24.5 Å². The molecule has 0 aromatic rings. The van der Waals surface area contributed by atoms with E-state index in [-0.39, 0.29) is 11.9 Å². The van der Waals surface area contributed by atoms with Crippen LogP contribution in [0.1, 0.15) is 59.8 Å². The number of hydrogen-bond donors (Lipinski definition) is 2. The smallest absolute Gasteiger partial charge is 0.236 e. The van der Waals surface area contributed by atoms with Crippen molar-refractivity contribution in [3.8, 4) is 0 Å². The fourth-order valence-corrected chi connectivity index (χ4v) is 1.87. The van der Waals surface area contributed by atoms with Crippen LogP contribution in [0.25, 0.3) is 0 Å². The first-order chi connectivity index (χ1) is 7.65. The maximum atomic E-state index is 11.6. The third kappa shape index (κ3) is 6.83. The molecule has 1 amide bonds. The predicted molar refractivity (Wildman–Crippen MR) is 69.5 cm³/mol. The Bertz CT molecular complexity index is 183. The summed E-state index contributed by atoms with van der Waals surface area (Å²) in [7, 11) is 0. The molecule has 0 fully saturated rings. The van der Waals surface area contributed by atoms with Gasteiger partial charge >= 0.3 is 0 Å². The van der Waals surface area contributed by atoms with Crippen molar-refractivity contribution in [3.05, 3.63) is 0 Å². The maximum absolute atomic E-state index is 11.6. The molecule has 0 heterocycles. The third-order valence-corrected chi connectivity index (χ3v) is 2.77. The standard InChI is InChI=1S/C13H28N2O/c1-5-8-10-12(9-6-2)15-11(4)13(16)14-7-3/h11-12,15H,5-10H2,1-4H3,(H,14,16). The Morgan fingerprint density at radius 1 is 1.12 bits per heavy atom. The molecule has 16 heavy (non-hydrogen) atoms. The lowest BCUT2D eigenvalue weighted by Gasteiger charge is -2.22. The van der Waals surface area contributed by atoms with Crippen LogP contribution in [0.2, 0.25) is 0 Å². The molecule has 0 saturated carbocycles. The van der Waals surface area contributed by atoms with Crippen molar-refractivity contribution in [3.63, 3.8) is 0 Å². The fraction of sp³-hybridized carbons (Fsp3) is 0.923. The summed E-state index contributed by atoms with van der Waals surface area (Å²) in [5, 5.41) is 6.27. The minimum Gasteiger partial charge on any atom is -0.355 e. The van der Waals surface area contributed by atoms with Gasteiger partial charge in [-0.25, -0.2) is 0 Å². The molecular formula is C13H28N2O. The van der Waals surface area contributed by atoms with Crippen LogP contribution in [-0.2, 0) is 4.79 Å². The molecule has 2 N–H and O–H groups in total. The number of unbranched alkanes of at least 4 members (excludes halogenated alkanes) is 1. The van der Waals surface area contributed by atoms with Crippen LogP contribution < -0.4 is 10.6 Å². The number of carbonyl (C=O) groups excluding carboxylic acids is 1. The summed E-state index contributed by atoms with van der Waals surface area (Å²) in [5.74, 6) is 0.111. The quantitative estimate of drug-likeness (QED) is 0.636. The molecule has 0 aromatic carbocycles. The van der Waals surface area contributed by atoms with Gasteiger partial charge in [0.15, 0.2) is 0 Å². The SMILES string of the molecule is CCCCC(CCC)NC(C)C(=O)NCC. The molecule has 0 spiro atoms. The van der Waals surface area contributed by atoms with Gasteiger partial charge in [0.25, 0.3) is 0 Å². The Morgan fingerprint density at radius 2 is 1.81 bits per heavy atom. The summed E-state index contributed by atoms with van der Waals surface area (Å²) in [6.07, 6.45) is 5.96. The summed E-state index contributed by atoms with van der Waals surface area (Å²) in [6.45, 7) is 9.00. The van der Waals surface area contributed by atoms with Crippen LogP contribution in [0, 0.1) is 0 Å². The van der Waals surface area contributed by atoms with Crippen molar-refractivity contribution < 1.29 is 4.79 Å². The van der Waals surface area contributed by atoms with Gasteiger partial charge in [-0.3, -0.25) is 4.79 Å². The molecule has 0 radical (unpaired) electrons. The van der Waals surface area contributed by atoms with Crippen LogP contribution in [-0.4, -0.2) is 24.5 Å². The van der Waals surface area contributed by atoms with Gasteiger partial charge in [0.1, 0.15) is 0 Å². The van der Waals surface area contributed by atoms with Gasteiger partial charge in [-0.05, 0) is 26.7 Å². The number of likely N-dealkylation sites (N-methyl/N-ethyl adjacent to an activating group) is 1. The van der Waals surface area contributed by atoms with Crippen molar-refractivity contribution in [2.24, 2.45) is 0 Å². The molecule has 96 valence electrons. The highest BCUT2D eigenvalue weighted by molar-refractivity contribution is 5.81. The number of amides is 1. The summed E-state index contributed by atoms with van der Waals surface area (Å²) < 4.78 is 0. The van der Waals surface area contributed by atoms with Gasteiger partial charge in [-0.1, -0.05) is 33.1 Å². The van der Waals surface area contributed by atoms with Crippen LogP contribution in [0.3, 0.4) is 0 Å². The second-order valence-electron chi connectivity index (χ2n) is 4.41. The third-order valence-electron chi connectivity index (χ3n) is 2.77. The van der Waals surface area contributed by atoms with E-state index in [1.165, 1.54) is 25.7 Å². The average Bonchev–Trinajstić information content (AvgIpc) is 2.26.